The Morgan fingerprint density at radius 3 is 2.08 bits per heavy atom. The first kappa shape index (κ1) is 19.4. The fourth-order valence-electron chi connectivity index (χ4n) is 2.52. The van der Waals surface area contributed by atoms with Gasteiger partial charge < -0.3 is 24.4 Å². The number of nitrogens with zero attached hydrogens (tertiary/aromatic N) is 2. The third-order valence-electron chi connectivity index (χ3n) is 3.92. The Balaban J connectivity index is 2.18. The average Bonchev–Trinajstić information content (AvgIpc) is 2.67. The standard InChI is InChI=1S/C20H27N3O3/c1-23(2)20(21-13-15-9-7-6-8-10-15)22-14-17-18(25-4)11-16(24-3)12-19(17)26-5/h6-12H,13-14H2,1-5H3,(H,21,22). The van der Waals surface area contributed by atoms with Crippen LogP contribution in [0.15, 0.2) is 47.5 Å². The van der Waals surface area contributed by atoms with Crippen LogP contribution in [0, 0.1) is 0 Å². The van der Waals surface area contributed by atoms with Gasteiger partial charge in [0, 0.05) is 26.2 Å². The zero-order valence-corrected chi connectivity index (χ0v) is 16.1. The molecule has 0 fully saturated rings. The summed E-state index contributed by atoms with van der Waals surface area (Å²) in [4.78, 5) is 6.63. The molecule has 0 radical (unpaired) electrons. The molecule has 140 valence electrons. The van der Waals surface area contributed by atoms with Gasteiger partial charge in [0.2, 0.25) is 0 Å². The molecule has 0 amide bonds. The second kappa shape index (κ2) is 9.56. The molecular weight excluding hydrogens is 330 g/mol. The quantitative estimate of drug-likeness (QED) is 0.610. The van der Waals surface area contributed by atoms with Crippen molar-refractivity contribution in [2.75, 3.05) is 35.4 Å². The number of methoxy groups -OCH3 is 3. The Bertz CT molecular complexity index is 705. The van der Waals surface area contributed by atoms with E-state index >= 15 is 0 Å². The molecule has 0 aliphatic carbocycles. The molecule has 0 aromatic heterocycles. The molecule has 0 spiro atoms. The normalized spacial score (nSPS) is 11.0. The highest BCUT2D eigenvalue weighted by Gasteiger charge is 2.14. The first-order valence-corrected chi connectivity index (χ1v) is 8.37. The number of hydrogen-bond donors (Lipinski definition) is 1. The van der Waals surface area contributed by atoms with Gasteiger partial charge in [-0.15, -0.1) is 0 Å². The third kappa shape index (κ3) is 5.05. The third-order valence-corrected chi connectivity index (χ3v) is 3.92. The number of rotatable bonds is 7. The maximum absolute atomic E-state index is 5.50. The highest BCUT2D eigenvalue weighted by Crippen LogP contribution is 2.33. The van der Waals surface area contributed by atoms with Crippen molar-refractivity contribution >= 4 is 5.96 Å². The van der Waals surface area contributed by atoms with Crippen LogP contribution >= 0.6 is 0 Å². The van der Waals surface area contributed by atoms with E-state index in [0.717, 1.165) is 17.1 Å². The maximum Gasteiger partial charge on any atom is 0.194 e. The van der Waals surface area contributed by atoms with Gasteiger partial charge in [0.25, 0.3) is 0 Å². The minimum absolute atomic E-state index is 0.516. The monoisotopic (exact) mass is 357 g/mol. The average molecular weight is 357 g/mol. The van der Waals surface area contributed by atoms with Gasteiger partial charge in [0.1, 0.15) is 17.2 Å². The number of ether oxygens (including phenoxy) is 3. The van der Waals surface area contributed by atoms with Crippen molar-refractivity contribution < 1.29 is 14.2 Å². The fourth-order valence-corrected chi connectivity index (χ4v) is 2.52. The van der Waals surface area contributed by atoms with Crippen molar-refractivity contribution in [2.24, 2.45) is 4.99 Å². The molecule has 0 heterocycles. The Hall–Kier alpha value is -2.89. The SMILES string of the molecule is COc1cc(OC)c(CNC(=NCc2ccccc2)N(C)C)c(OC)c1. The lowest BCUT2D eigenvalue weighted by Gasteiger charge is -2.20. The van der Waals surface area contributed by atoms with Gasteiger partial charge in [-0.25, -0.2) is 4.99 Å². The molecule has 1 N–H and O–H groups in total. The topological polar surface area (TPSA) is 55.3 Å². The van der Waals surface area contributed by atoms with Gasteiger partial charge in [0.15, 0.2) is 5.96 Å². The summed E-state index contributed by atoms with van der Waals surface area (Å²) in [7, 11) is 8.80. The van der Waals surface area contributed by atoms with Crippen molar-refractivity contribution in [3.8, 4) is 17.2 Å². The van der Waals surface area contributed by atoms with E-state index in [1.165, 1.54) is 0 Å². The van der Waals surface area contributed by atoms with Crippen molar-refractivity contribution in [2.45, 2.75) is 13.1 Å². The van der Waals surface area contributed by atoms with Gasteiger partial charge in [-0.3, -0.25) is 0 Å². The summed E-state index contributed by atoms with van der Waals surface area (Å²) >= 11 is 0. The summed E-state index contributed by atoms with van der Waals surface area (Å²) in [5.74, 6) is 2.88. The summed E-state index contributed by atoms with van der Waals surface area (Å²) in [6, 6.07) is 13.8. The van der Waals surface area contributed by atoms with Crippen molar-refractivity contribution in [3.63, 3.8) is 0 Å². The molecule has 0 saturated carbocycles. The predicted octanol–water partition coefficient (Wildman–Crippen LogP) is 2.92. The van der Waals surface area contributed by atoms with Gasteiger partial charge >= 0.3 is 0 Å². The molecule has 2 rings (SSSR count). The number of hydrogen-bond acceptors (Lipinski definition) is 4. The smallest absolute Gasteiger partial charge is 0.194 e. The summed E-state index contributed by atoms with van der Waals surface area (Å²) in [6.45, 7) is 1.13. The lowest BCUT2D eigenvalue weighted by atomic mass is 10.1. The van der Waals surface area contributed by atoms with Crippen LogP contribution in [0.1, 0.15) is 11.1 Å². The molecule has 2 aromatic carbocycles. The minimum atomic E-state index is 0.516. The number of aliphatic imine (C=N–C) groups is 1. The molecular formula is C20H27N3O3. The lowest BCUT2D eigenvalue weighted by Crippen LogP contribution is -2.36. The maximum atomic E-state index is 5.50. The largest absolute Gasteiger partial charge is 0.496 e. The van der Waals surface area contributed by atoms with E-state index in [-0.39, 0.29) is 0 Å². The Morgan fingerprint density at radius 2 is 1.58 bits per heavy atom. The zero-order valence-electron chi connectivity index (χ0n) is 16.1. The van der Waals surface area contributed by atoms with Crippen LogP contribution in [0.25, 0.3) is 0 Å². The molecule has 26 heavy (non-hydrogen) atoms. The summed E-state index contributed by atoms with van der Waals surface area (Å²) < 4.78 is 16.3. The first-order valence-electron chi connectivity index (χ1n) is 8.37. The summed E-state index contributed by atoms with van der Waals surface area (Å²) in [5.41, 5.74) is 2.07. The van der Waals surface area contributed by atoms with Gasteiger partial charge in [-0.05, 0) is 5.56 Å². The van der Waals surface area contributed by atoms with Crippen LogP contribution in [-0.4, -0.2) is 46.3 Å². The number of nitrogens with one attached hydrogen (secondary N) is 1. The number of guanidine groups is 1. The van der Waals surface area contributed by atoms with E-state index in [4.69, 9.17) is 14.2 Å². The van der Waals surface area contributed by atoms with E-state index in [1.54, 1.807) is 21.3 Å². The van der Waals surface area contributed by atoms with Crippen molar-refractivity contribution in [3.05, 3.63) is 53.6 Å². The Labute approximate surface area is 155 Å². The van der Waals surface area contributed by atoms with Crippen molar-refractivity contribution in [1.29, 1.82) is 0 Å². The van der Waals surface area contributed by atoms with Crippen LogP contribution in [-0.2, 0) is 13.1 Å². The van der Waals surface area contributed by atoms with Gasteiger partial charge in [-0.1, -0.05) is 30.3 Å². The molecule has 0 bridgehead atoms. The van der Waals surface area contributed by atoms with Gasteiger partial charge in [-0.2, -0.15) is 0 Å². The van der Waals surface area contributed by atoms with Crippen LogP contribution in [0.2, 0.25) is 0 Å². The Kier molecular flexibility index (Phi) is 7.14. The second-order valence-electron chi connectivity index (χ2n) is 5.88. The molecule has 0 aliphatic heterocycles. The van der Waals surface area contributed by atoms with Crippen LogP contribution in [0.4, 0.5) is 0 Å². The predicted molar refractivity (Wildman–Crippen MR) is 104 cm³/mol. The van der Waals surface area contributed by atoms with Crippen molar-refractivity contribution in [1.82, 2.24) is 10.2 Å². The highest BCUT2D eigenvalue weighted by atomic mass is 16.5. The Morgan fingerprint density at radius 1 is 0.962 bits per heavy atom. The molecule has 0 saturated heterocycles. The highest BCUT2D eigenvalue weighted by molar-refractivity contribution is 5.79. The van der Waals surface area contributed by atoms with E-state index in [1.807, 2.05) is 49.3 Å². The molecule has 6 heteroatoms. The van der Waals surface area contributed by atoms with Crippen LogP contribution < -0.4 is 19.5 Å². The first-order chi connectivity index (χ1) is 12.6. The molecule has 6 nitrogen and oxygen atoms in total. The fraction of sp³-hybridized carbons (Fsp3) is 0.350. The van der Waals surface area contributed by atoms with Crippen LogP contribution in [0.5, 0.6) is 17.2 Å². The minimum Gasteiger partial charge on any atom is -0.496 e. The summed E-state index contributed by atoms with van der Waals surface area (Å²) in [6.07, 6.45) is 0. The zero-order chi connectivity index (χ0) is 18.9. The van der Waals surface area contributed by atoms with Gasteiger partial charge in [0.05, 0.1) is 40.0 Å². The molecule has 0 unspecified atom stereocenters. The van der Waals surface area contributed by atoms with E-state index in [2.05, 4.69) is 22.4 Å². The van der Waals surface area contributed by atoms with E-state index in [0.29, 0.717) is 30.3 Å². The molecule has 0 aliphatic rings. The molecule has 2 aromatic rings. The van der Waals surface area contributed by atoms with E-state index < -0.39 is 0 Å². The summed E-state index contributed by atoms with van der Waals surface area (Å²) in [5, 5.41) is 3.37. The van der Waals surface area contributed by atoms with Crippen LogP contribution in [0.3, 0.4) is 0 Å². The van der Waals surface area contributed by atoms with E-state index in [9.17, 15) is 0 Å². The lowest BCUT2D eigenvalue weighted by molar-refractivity contribution is 0.367. The molecule has 0 atom stereocenters. The number of benzene rings is 2. The second-order valence-corrected chi connectivity index (χ2v) is 5.88.